The molecule has 0 bridgehead atoms. The molecule has 2 aromatic rings. The molecular weight excluding hydrogens is 318 g/mol. The number of rotatable bonds is 3. The molecule has 1 aromatic heterocycles. The zero-order valence-electron chi connectivity index (χ0n) is 14.6. The lowest BCUT2D eigenvalue weighted by Gasteiger charge is -2.26. The van der Waals surface area contributed by atoms with Crippen LogP contribution in [0.2, 0.25) is 0 Å². The summed E-state index contributed by atoms with van der Waals surface area (Å²) in [6.07, 6.45) is 1.94. The highest BCUT2D eigenvalue weighted by atomic mass is 16.6. The largest absolute Gasteiger partial charge is 0.486 e. The van der Waals surface area contributed by atoms with Crippen LogP contribution in [0.1, 0.15) is 60.4 Å². The van der Waals surface area contributed by atoms with Crippen molar-refractivity contribution in [2.45, 2.75) is 38.6 Å². The van der Waals surface area contributed by atoms with Crippen LogP contribution in [0.5, 0.6) is 11.5 Å². The zero-order valence-corrected chi connectivity index (χ0v) is 14.6. The topological polar surface area (TPSA) is 67.5 Å². The second kappa shape index (κ2) is 6.43. The number of nitrogens with one attached hydrogen (secondary N) is 1. The first-order valence-corrected chi connectivity index (χ1v) is 8.89. The van der Waals surface area contributed by atoms with Gasteiger partial charge in [0.05, 0.1) is 6.04 Å². The van der Waals surface area contributed by atoms with E-state index in [0.29, 0.717) is 24.8 Å². The smallest absolute Gasteiger partial charge is 0.274 e. The molecular formula is C19H23N3O3. The maximum atomic E-state index is 12.9. The first-order chi connectivity index (χ1) is 12.1. The van der Waals surface area contributed by atoms with Crippen molar-refractivity contribution in [1.82, 2.24) is 15.1 Å². The summed E-state index contributed by atoms with van der Waals surface area (Å²) >= 11 is 0. The maximum absolute atomic E-state index is 12.9. The summed E-state index contributed by atoms with van der Waals surface area (Å²) in [5.74, 6) is 1.85. The van der Waals surface area contributed by atoms with Crippen molar-refractivity contribution >= 4 is 5.91 Å². The molecule has 2 aliphatic rings. The molecule has 4 rings (SSSR count). The SMILES string of the molecule is CC(C)c1cc(C(=O)N2CCC[C@H]2c2ccc3c(c2)OCCO3)n[nH]1. The molecule has 6 heteroatoms. The zero-order chi connectivity index (χ0) is 17.4. The lowest BCUT2D eigenvalue weighted by Crippen LogP contribution is -2.31. The van der Waals surface area contributed by atoms with Crippen molar-refractivity contribution in [2.75, 3.05) is 19.8 Å². The molecule has 1 aromatic carbocycles. The van der Waals surface area contributed by atoms with E-state index in [1.54, 1.807) is 0 Å². The van der Waals surface area contributed by atoms with Crippen LogP contribution in [-0.2, 0) is 0 Å². The molecule has 0 unspecified atom stereocenters. The quantitative estimate of drug-likeness (QED) is 0.930. The maximum Gasteiger partial charge on any atom is 0.274 e. The number of carbonyl (C=O) groups is 1. The number of benzene rings is 1. The monoisotopic (exact) mass is 341 g/mol. The second-order valence-electron chi connectivity index (χ2n) is 6.92. The summed E-state index contributed by atoms with van der Waals surface area (Å²) < 4.78 is 11.3. The van der Waals surface area contributed by atoms with Crippen LogP contribution in [0.3, 0.4) is 0 Å². The number of likely N-dealkylation sites (tertiary alicyclic amines) is 1. The Balaban J connectivity index is 1.58. The average Bonchev–Trinajstić information content (AvgIpc) is 3.30. The van der Waals surface area contributed by atoms with Crippen molar-refractivity contribution in [3.8, 4) is 11.5 Å². The minimum Gasteiger partial charge on any atom is -0.486 e. The Morgan fingerprint density at radius 1 is 1.24 bits per heavy atom. The van der Waals surface area contributed by atoms with Crippen molar-refractivity contribution in [2.24, 2.45) is 0 Å². The van der Waals surface area contributed by atoms with E-state index < -0.39 is 0 Å². The van der Waals surface area contributed by atoms with Crippen LogP contribution < -0.4 is 9.47 Å². The number of hydrogen-bond acceptors (Lipinski definition) is 4. The number of aromatic amines is 1. The number of nitrogens with zero attached hydrogens (tertiary/aromatic N) is 2. The van der Waals surface area contributed by atoms with Crippen molar-refractivity contribution < 1.29 is 14.3 Å². The van der Waals surface area contributed by atoms with Gasteiger partial charge in [-0.1, -0.05) is 19.9 Å². The molecule has 2 aliphatic heterocycles. The number of fused-ring (bicyclic) bond motifs is 1. The van der Waals surface area contributed by atoms with Crippen molar-refractivity contribution in [1.29, 1.82) is 0 Å². The van der Waals surface area contributed by atoms with E-state index in [4.69, 9.17) is 9.47 Å². The molecule has 0 spiro atoms. The van der Waals surface area contributed by atoms with Crippen molar-refractivity contribution in [3.05, 3.63) is 41.2 Å². The molecule has 1 amide bonds. The Kier molecular flexibility index (Phi) is 4.11. The van der Waals surface area contributed by atoms with E-state index in [1.165, 1.54) is 0 Å². The van der Waals surface area contributed by atoms with E-state index in [2.05, 4.69) is 24.0 Å². The summed E-state index contributed by atoms with van der Waals surface area (Å²) in [6, 6.07) is 7.91. The molecule has 3 heterocycles. The van der Waals surface area contributed by atoms with Gasteiger partial charge in [0.15, 0.2) is 11.5 Å². The van der Waals surface area contributed by atoms with Gasteiger partial charge in [0.25, 0.3) is 5.91 Å². The summed E-state index contributed by atoms with van der Waals surface area (Å²) in [4.78, 5) is 14.9. The fourth-order valence-corrected chi connectivity index (χ4v) is 3.51. The molecule has 1 atom stereocenters. The van der Waals surface area contributed by atoms with Crippen LogP contribution in [0.4, 0.5) is 0 Å². The summed E-state index contributed by atoms with van der Waals surface area (Å²) in [6.45, 7) is 6.06. The van der Waals surface area contributed by atoms with E-state index in [1.807, 2.05) is 29.2 Å². The highest BCUT2D eigenvalue weighted by molar-refractivity contribution is 5.93. The predicted octanol–water partition coefficient (Wildman–Crippen LogP) is 3.28. The fraction of sp³-hybridized carbons (Fsp3) is 0.474. The Hall–Kier alpha value is -2.50. The van der Waals surface area contributed by atoms with Crippen LogP contribution in [0, 0.1) is 0 Å². The van der Waals surface area contributed by atoms with Crippen LogP contribution in [-0.4, -0.2) is 40.8 Å². The first kappa shape index (κ1) is 16.0. The lowest BCUT2D eigenvalue weighted by molar-refractivity contribution is 0.0729. The van der Waals surface area contributed by atoms with Crippen LogP contribution in [0.25, 0.3) is 0 Å². The van der Waals surface area contributed by atoms with E-state index in [0.717, 1.165) is 42.1 Å². The Morgan fingerprint density at radius 2 is 2.04 bits per heavy atom. The van der Waals surface area contributed by atoms with Crippen molar-refractivity contribution in [3.63, 3.8) is 0 Å². The first-order valence-electron chi connectivity index (χ1n) is 8.89. The van der Waals surface area contributed by atoms with Gasteiger partial charge in [0.2, 0.25) is 0 Å². The number of hydrogen-bond donors (Lipinski definition) is 1. The lowest BCUT2D eigenvalue weighted by atomic mass is 10.0. The van der Waals surface area contributed by atoms with E-state index >= 15 is 0 Å². The van der Waals surface area contributed by atoms with Gasteiger partial charge in [-0.15, -0.1) is 0 Å². The van der Waals surface area contributed by atoms with Crippen LogP contribution in [0.15, 0.2) is 24.3 Å². The molecule has 1 fully saturated rings. The van der Waals surface area contributed by atoms with E-state index in [-0.39, 0.29) is 11.9 Å². The third-order valence-electron chi connectivity index (χ3n) is 4.90. The standard InChI is InChI=1S/C19H23N3O3/c1-12(2)14-11-15(21-20-14)19(23)22-7-3-4-16(22)13-5-6-17-18(10-13)25-9-8-24-17/h5-6,10-12,16H,3-4,7-9H2,1-2H3,(H,20,21)/t16-/m0/s1. The Morgan fingerprint density at radius 3 is 2.80 bits per heavy atom. The third-order valence-corrected chi connectivity index (χ3v) is 4.90. The second-order valence-corrected chi connectivity index (χ2v) is 6.92. The molecule has 0 saturated carbocycles. The number of aromatic nitrogens is 2. The summed E-state index contributed by atoms with van der Waals surface area (Å²) in [7, 11) is 0. The average molecular weight is 341 g/mol. The molecule has 0 radical (unpaired) electrons. The molecule has 1 saturated heterocycles. The highest BCUT2D eigenvalue weighted by Crippen LogP contribution is 2.38. The minimum atomic E-state index is -0.0134. The normalized spacial score (nSPS) is 19.5. The number of carbonyl (C=O) groups excluding carboxylic acids is 1. The Bertz CT molecular complexity index is 784. The van der Waals surface area contributed by atoms with Gasteiger partial charge < -0.3 is 14.4 Å². The van der Waals surface area contributed by atoms with Gasteiger partial charge in [-0.3, -0.25) is 9.89 Å². The van der Waals surface area contributed by atoms with Gasteiger partial charge in [-0.05, 0) is 42.5 Å². The third kappa shape index (κ3) is 2.97. The van der Waals surface area contributed by atoms with Gasteiger partial charge in [0, 0.05) is 12.2 Å². The minimum absolute atomic E-state index is 0.0134. The fourth-order valence-electron chi connectivity index (χ4n) is 3.51. The summed E-state index contributed by atoms with van der Waals surface area (Å²) in [5.41, 5.74) is 2.57. The highest BCUT2D eigenvalue weighted by Gasteiger charge is 2.32. The predicted molar refractivity (Wildman–Crippen MR) is 93.1 cm³/mol. The molecule has 25 heavy (non-hydrogen) atoms. The molecule has 1 N–H and O–H groups in total. The van der Waals surface area contributed by atoms with Gasteiger partial charge >= 0.3 is 0 Å². The summed E-state index contributed by atoms with van der Waals surface area (Å²) in [5, 5.41) is 7.19. The van der Waals surface area contributed by atoms with Gasteiger partial charge in [-0.25, -0.2) is 0 Å². The molecule has 6 nitrogen and oxygen atoms in total. The Labute approximate surface area is 147 Å². The van der Waals surface area contributed by atoms with Gasteiger partial charge in [-0.2, -0.15) is 5.10 Å². The van der Waals surface area contributed by atoms with Crippen LogP contribution >= 0.6 is 0 Å². The number of ether oxygens (including phenoxy) is 2. The number of amides is 1. The van der Waals surface area contributed by atoms with Gasteiger partial charge in [0.1, 0.15) is 18.9 Å². The van der Waals surface area contributed by atoms with E-state index in [9.17, 15) is 4.79 Å². The molecule has 132 valence electrons. The molecule has 0 aliphatic carbocycles. The number of H-pyrrole nitrogens is 1.